The number of aromatic nitrogens is 1. The quantitative estimate of drug-likeness (QED) is 0.728. The van der Waals surface area contributed by atoms with Gasteiger partial charge in [-0.1, -0.05) is 25.1 Å². The lowest BCUT2D eigenvalue weighted by atomic mass is 9.99. The molecule has 0 saturated carbocycles. The Morgan fingerprint density at radius 3 is 2.94 bits per heavy atom. The lowest BCUT2D eigenvalue weighted by Crippen LogP contribution is -1.99. The highest BCUT2D eigenvalue weighted by Gasteiger charge is 2.19. The van der Waals surface area contributed by atoms with Crippen molar-refractivity contribution in [2.75, 3.05) is 0 Å². The number of hydrogen-bond donors (Lipinski definition) is 0. The summed E-state index contributed by atoms with van der Waals surface area (Å²) in [6.45, 7) is 2.18. The van der Waals surface area contributed by atoms with E-state index >= 15 is 0 Å². The summed E-state index contributed by atoms with van der Waals surface area (Å²) in [7, 11) is 0. The van der Waals surface area contributed by atoms with Crippen molar-refractivity contribution < 1.29 is 0 Å². The number of hydrogen-bond acceptors (Lipinski definition) is 1. The molecule has 1 nitrogen and oxygen atoms in total. The number of para-hydroxylation sites is 1. The average molecular weight is 246 g/mol. The van der Waals surface area contributed by atoms with Gasteiger partial charge in [0.1, 0.15) is 0 Å². The number of fused-ring (bicyclic) bond motifs is 2. The third kappa shape index (κ3) is 1.64. The van der Waals surface area contributed by atoms with Crippen molar-refractivity contribution in [2.24, 2.45) is 0 Å². The molecule has 88 valence electrons. The molecular weight excluding hydrogens is 230 g/mol. The number of nitrogens with zero attached hydrogens (tertiary/aromatic N) is 1. The van der Waals surface area contributed by atoms with E-state index in [0.29, 0.717) is 5.88 Å². The summed E-state index contributed by atoms with van der Waals surface area (Å²) in [5.74, 6) is 0.606. The normalized spacial score (nSPS) is 14.2. The fourth-order valence-electron chi connectivity index (χ4n) is 2.88. The Balaban J connectivity index is 2.40. The molecule has 1 aromatic heterocycles. The third-order valence-corrected chi connectivity index (χ3v) is 4.03. The second kappa shape index (κ2) is 4.30. The maximum absolute atomic E-state index is 6.16. The van der Waals surface area contributed by atoms with Crippen molar-refractivity contribution in [3.8, 4) is 0 Å². The first kappa shape index (κ1) is 11.0. The Morgan fingerprint density at radius 2 is 2.18 bits per heavy atom. The molecule has 1 aliphatic carbocycles. The van der Waals surface area contributed by atoms with Crippen molar-refractivity contribution in [1.82, 2.24) is 4.98 Å². The zero-order chi connectivity index (χ0) is 11.8. The van der Waals surface area contributed by atoms with E-state index in [0.717, 1.165) is 19.3 Å². The van der Waals surface area contributed by atoms with Gasteiger partial charge in [0, 0.05) is 17.0 Å². The predicted octanol–water partition coefficient (Wildman–Crippen LogP) is 4.02. The molecule has 2 heteroatoms. The number of aryl methyl sites for hydroxylation is 2. The van der Waals surface area contributed by atoms with Gasteiger partial charge < -0.3 is 0 Å². The standard InChI is InChI=1S/C15H16ClN/c1-2-10-5-3-7-12-13(9-16)11-6-4-8-14(11)17-15(10)12/h3,5,7H,2,4,6,8-9H2,1H3. The number of alkyl halides is 1. The molecule has 3 rings (SSSR count). The van der Waals surface area contributed by atoms with Crippen LogP contribution >= 0.6 is 11.6 Å². The molecule has 0 spiro atoms. The van der Waals surface area contributed by atoms with E-state index < -0.39 is 0 Å². The van der Waals surface area contributed by atoms with E-state index in [9.17, 15) is 0 Å². The molecule has 0 N–H and O–H groups in total. The molecule has 1 aliphatic rings. The molecule has 2 aromatic rings. The first-order valence-corrected chi connectivity index (χ1v) is 6.86. The van der Waals surface area contributed by atoms with Crippen LogP contribution in [-0.4, -0.2) is 4.98 Å². The number of pyridine rings is 1. The van der Waals surface area contributed by atoms with Gasteiger partial charge in [-0.3, -0.25) is 4.98 Å². The third-order valence-electron chi connectivity index (χ3n) is 3.76. The van der Waals surface area contributed by atoms with Crippen LogP contribution in [0.25, 0.3) is 10.9 Å². The van der Waals surface area contributed by atoms with Crippen LogP contribution in [0.5, 0.6) is 0 Å². The van der Waals surface area contributed by atoms with Crippen molar-refractivity contribution in [1.29, 1.82) is 0 Å². The molecule has 0 aliphatic heterocycles. The van der Waals surface area contributed by atoms with Gasteiger partial charge in [-0.05, 0) is 42.4 Å². The lowest BCUT2D eigenvalue weighted by Gasteiger charge is -2.12. The summed E-state index contributed by atoms with van der Waals surface area (Å²) < 4.78 is 0. The highest BCUT2D eigenvalue weighted by atomic mass is 35.5. The topological polar surface area (TPSA) is 12.9 Å². The minimum atomic E-state index is 0.606. The van der Waals surface area contributed by atoms with Crippen LogP contribution in [0.4, 0.5) is 0 Å². The minimum Gasteiger partial charge on any atom is -0.252 e. The number of benzene rings is 1. The van der Waals surface area contributed by atoms with Crippen molar-refractivity contribution in [2.45, 2.75) is 38.5 Å². The molecule has 0 bridgehead atoms. The number of rotatable bonds is 2. The largest absolute Gasteiger partial charge is 0.252 e. The zero-order valence-corrected chi connectivity index (χ0v) is 10.8. The van der Waals surface area contributed by atoms with Gasteiger partial charge in [0.25, 0.3) is 0 Å². The average Bonchev–Trinajstić information content (AvgIpc) is 2.82. The minimum absolute atomic E-state index is 0.606. The Labute approximate surface area is 107 Å². The van der Waals surface area contributed by atoms with Crippen LogP contribution in [0.3, 0.4) is 0 Å². The molecule has 0 saturated heterocycles. The van der Waals surface area contributed by atoms with E-state index in [-0.39, 0.29) is 0 Å². The van der Waals surface area contributed by atoms with Crippen LogP contribution in [-0.2, 0) is 25.1 Å². The molecule has 0 amide bonds. The maximum atomic E-state index is 6.16. The van der Waals surface area contributed by atoms with Gasteiger partial charge in [0.05, 0.1) is 5.52 Å². The Morgan fingerprint density at radius 1 is 1.29 bits per heavy atom. The van der Waals surface area contributed by atoms with Crippen LogP contribution in [0, 0.1) is 0 Å². The number of halogens is 1. The fourth-order valence-corrected chi connectivity index (χ4v) is 3.18. The van der Waals surface area contributed by atoms with E-state index in [4.69, 9.17) is 16.6 Å². The zero-order valence-electron chi connectivity index (χ0n) is 10.1. The molecule has 0 atom stereocenters. The van der Waals surface area contributed by atoms with Gasteiger partial charge in [0.2, 0.25) is 0 Å². The summed E-state index contributed by atoms with van der Waals surface area (Å²) in [4.78, 5) is 4.88. The van der Waals surface area contributed by atoms with Crippen LogP contribution in [0.15, 0.2) is 18.2 Å². The lowest BCUT2D eigenvalue weighted by molar-refractivity contribution is 0.899. The summed E-state index contributed by atoms with van der Waals surface area (Å²) in [5.41, 5.74) is 6.53. The Hall–Kier alpha value is -1.08. The Bertz CT molecular complexity index is 575. The van der Waals surface area contributed by atoms with Gasteiger partial charge in [0.15, 0.2) is 0 Å². The molecule has 0 unspecified atom stereocenters. The van der Waals surface area contributed by atoms with Crippen molar-refractivity contribution in [3.63, 3.8) is 0 Å². The van der Waals surface area contributed by atoms with Gasteiger partial charge in [-0.2, -0.15) is 0 Å². The summed E-state index contributed by atoms with van der Waals surface area (Å²) >= 11 is 6.16. The van der Waals surface area contributed by atoms with E-state index in [1.54, 1.807) is 0 Å². The maximum Gasteiger partial charge on any atom is 0.0740 e. The van der Waals surface area contributed by atoms with Crippen LogP contribution in [0.1, 0.15) is 35.7 Å². The van der Waals surface area contributed by atoms with Gasteiger partial charge >= 0.3 is 0 Å². The second-order valence-corrected chi connectivity index (χ2v) is 4.94. The van der Waals surface area contributed by atoms with Gasteiger partial charge in [-0.25, -0.2) is 0 Å². The monoisotopic (exact) mass is 245 g/mol. The second-order valence-electron chi connectivity index (χ2n) is 4.67. The highest BCUT2D eigenvalue weighted by Crippen LogP contribution is 2.32. The first-order chi connectivity index (χ1) is 8.35. The van der Waals surface area contributed by atoms with E-state index in [2.05, 4.69) is 25.1 Å². The molecule has 17 heavy (non-hydrogen) atoms. The summed E-state index contributed by atoms with van der Waals surface area (Å²) in [6.07, 6.45) is 4.53. The summed E-state index contributed by atoms with van der Waals surface area (Å²) in [5, 5.41) is 1.26. The van der Waals surface area contributed by atoms with Crippen LogP contribution < -0.4 is 0 Å². The molecule has 0 fully saturated rings. The highest BCUT2D eigenvalue weighted by molar-refractivity contribution is 6.18. The SMILES string of the molecule is CCc1cccc2c(CCl)c3c(nc12)CCC3. The smallest absolute Gasteiger partial charge is 0.0740 e. The van der Waals surface area contributed by atoms with Crippen molar-refractivity contribution in [3.05, 3.63) is 40.6 Å². The van der Waals surface area contributed by atoms with Gasteiger partial charge in [-0.15, -0.1) is 11.6 Å². The summed E-state index contributed by atoms with van der Waals surface area (Å²) in [6, 6.07) is 6.47. The molecule has 1 heterocycles. The molecule has 0 radical (unpaired) electrons. The predicted molar refractivity (Wildman–Crippen MR) is 72.7 cm³/mol. The Kier molecular flexibility index (Phi) is 2.79. The van der Waals surface area contributed by atoms with Crippen LogP contribution in [0.2, 0.25) is 0 Å². The van der Waals surface area contributed by atoms with Crippen molar-refractivity contribution >= 4 is 22.5 Å². The first-order valence-electron chi connectivity index (χ1n) is 6.33. The molecule has 1 aromatic carbocycles. The van der Waals surface area contributed by atoms with E-state index in [1.807, 2.05) is 0 Å². The van der Waals surface area contributed by atoms with E-state index in [1.165, 1.54) is 39.7 Å². The fraction of sp³-hybridized carbons (Fsp3) is 0.400. The molecular formula is C15H16ClN.